The maximum atomic E-state index is 5.99. The van der Waals surface area contributed by atoms with Gasteiger partial charge in [-0.15, -0.1) is 0 Å². The largest absolute Gasteiger partial charge is 0.381 e. The molecule has 4 heteroatoms. The molecule has 2 radical (unpaired) electrons. The molecule has 0 aliphatic carbocycles. The minimum Gasteiger partial charge on any atom is -0.381 e. The molecule has 0 N–H and O–H groups in total. The quantitative estimate of drug-likeness (QED) is 0.800. The van der Waals surface area contributed by atoms with Crippen LogP contribution in [0.3, 0.4) is 0 Å². The molecule has 114 valence electrons. The highest BCUT2D eigenvalue weighted by molar-refractivity contribution is 7.99. The fourth-order valence-corrected chi connectivity index (χ4v) is 5.17. The van der Waals surface area contributed by atoms with Gasteiger partial charge in [0.15, 0.2) is 0 Å². The van der Waals surface area contributed by atoms with Gasteiger partial charge in [0.1, 0.15) is 6.61 Å². The lowest BCUT2D eigenvalue weighted by Crippen LogP contribution is -2.50. The lowest BCUT2D eigenvalue weighted by Gasteiger charge is -2.44. The highest BCUT2D eigenvalue weighted by atomic mass is 32.2. The molecule has 3 saturated heterocycles. The molecule has 3 heterocycles. The molecule has 0 aromatic rings. The number of hydrogen-bond acceptors (Lipinski definition) is 4. The Morgan fingerprint density at radius 3 is 2.75 bits per heavy atom. The molecule has 20 heavy (non-hydrogen) atoms. The van der Waals surface area contributed by atoms with Crippen LogP contribution in [0.4, 0.5) is 0 Å². The second kappa shape index (κ2) is 7.48. The third-order valence-corrected chi connectivity index (χ3v) is 6.33. The molecule has 0 aromatic heterocycles. The van der Waals surface area contributed by atoms with E-state index in [1.807, 2.05) is 7.11 Å². The van der Waals surface area contributed by atoms with E-state index in [2.05, 4.69) is 18.4 Å². The van der Waals surface area contributed by atoms with E-state index < -0.39 is 0 Å². The van der Waals surface area contributed by atoms with Crippen molar-refractivity contribution in [3.8, 4) is 0 Å². The van der Waals surface area contributed by atoms with Crippen molar-refractivity contribution in [1.82, 2.24) is 0 Å². The zero-order valence-corrected chi connectivity index (χ0v) is 13.2. The molecule has 0 spiro atoms. The first-order chi connectivity index (χ1) is 9.90. The van der Waals surface area contributed by atoms with Crippen molar-refractivity contribution in [3.63, 3.8) is 0 Å². The second-order valence-electron chi connectivity index (χ2n) is 6.13. The summed E-state index contributed by atoms with van der Waals surface area (Å²) in [6, 6.07) is 0. The van der Waals surface area contributed by atoms with Crippen LogP contribution in [0.15, 0.2) is 0 Å². The van der Waals surface area contributed by atoms with E-state index in [9.17, 15) is 0 Å². The Balaban J connectivity index is 1.67. The van der Waals surface area contributed by atoms with Crippen molar-refractivity contribution >= 4 is 11.8 Å². The molecule has 0 aromatic carbocycles. The van der Waals surface area contributed by atoms with Crippen LogP contribution < -0.4 is 0 Å². The Kier molecular flexibility index (Phi) is 5.66. The van der Waals surface area contributed by atoms with Crippen LogP contribution in [-0.4, -0.2) is 43.5 Å². The van der Waals surface area contributed by atoms with Gasteiger partial charge < -0.3 is 14.2 Å². The van der Waals surface area contributed by atoms with Gasteiger partial charge in [0.2, 0.25) is 0 Å². The summed E-state index contributed by atoms with van der Waals surface area (Å²) in [6.07, 6.45) is 8.09. The highest BCUT2D eigenvalue weighted by Gasteiger charge is 2.44. The lowest BCUT2D eigenvalue weighted by molar-refractivity contribution is -0.134. The second-order valence-corrected chi connectivity index (χ2v) is 7.48. The van der Waals surface area contributed by atoms with E-state index in [4.69, 9.17) is 14.2 Å². The van der Waals surface area contributed by atoms with E-state index >= 15 is 0 Å². The van der Waals surface area contributed by atoms with Crippen LogP contribution in [0.1, 0.15) is 38.5 Å². The van der Waals surface area contributed by atoms with Crippen LogP contribution in [0.2, 0.25) is 0 Å². The number of methoxy groups -OCH3 is 1. The molecule has 3 aliphatic heterocycles. The summed E-state index contributed by atoms with van der Waals surface area (Å²) in [6.45, 7) is 4.86. The van der Waals surface area contributed by atoms with Gasteiger partial charge in [-0.2, -0.15) is 11.8 Å². The normalized spacial score (nSPS) is 43.4. The smallest absolute Gasteiger partial charge is 0.139 e. The van der Waals surface area contributed by atoms with Gasteiger partial charge in [0.25, 0.3) is 0 Å². The minimum absolute atomic E-state index is 0.211. The number of ether oxygens (including phenoxy) is 3. The van der Waals surface area contributed by atoms with Gasteiger partial charge in [-0.1, -0.05) is 6.42 Å². The molecule has 3 fully saturated rings. The fourth-order valence-electron chi connectivity index (χ4n) is 3.75. The fraction of sp³-hybridized carbons (Fsp3) is 0.938. The molecule has 3 rings (SSSR count). The van der Waals surface area contributed by atoms with E-state index in [1.165, 1.54) is 37.9 Å². The molecule has 5 unspecified atom stereocenters. The predicted octanol–water partition coefficient (Wildman–Crippen LogP) is 3.16. The third-order valence-electron chi connectivity index (χ3n) is 4.85. The average Bonchev–Trinajstić information content (AvgIpc) is 2.55. The van der Waals surface area contributed by atoms with E-state index in [1.54, 1.807) is 0 Å². The number of hydrogen-bond donors (Lipinski definition) is 0. The zero-order valence-electron chi connectivity index (χ0n) is 12.4. The molecule has 3 aliphatic rings. The highest BCUT2D eigenvalue weighted by Crippen LogP contribution is 2.41. The predicted molar refractivity (Wildman–Crippen MR) is 80.7 cm³/mol. The van der Waals surface area contributed by atoms with Crippen molar-refractivity contribution in [1.29, 1.82) is 0 Å². The van der Waals surface area contributed by atoms with Gasteiger partial charge >= 0.3 is 0 Å². The van der Waals surface area contributed by atoms with Crippen molar-refractivity contribution < 1.29 is 14.2 Å². The summed E-state index contributed by atoms with van der Waals surface area (Å²) in [5, 5.41) is 0.611. The summed E-state index contributed by atoms with van der Waals surface area (Å²) >= 11 is 2.07. The molecular formula is C16H26O3S. The summed E-state index contributed by atoms with van der Waals surface area (Å²) in [5.74, 6) is 1.94. The molecule has 0 saturated carbocycles. The van der Waals surface area contributed by atoms with Gasteiger partial charge in [-0.25, -0.2) is 0 Å². The van der Waals surface area contributed by atoms with E-state index in [-0.39, 0.29) is 6.10 Å². The van der Waals surface area contributed by atoms with E-state index in [0.29, 0.717) is 29.8 Å². The zero-order chi connectivity index (χ0) is 13.8. The number of thioether (sulfide) groups is 1. The van der Waals surface area contributed by atoms with Gasteiger partial charge in [-0.05, 0) is 37.9 Å². The minimum atomic E-state index is 0.211. The summed E-state index contributed by atoms with van der Waals surface area (Å²) < 4.78 is 17.6. The van der Waals surface area contributed by atoms with Crippen molar-refractivity contribution in [2.24, 2.45) is 11.8 Å². The van der Waals surface area contributed by atoms with Crippen LogP contribution in [0, 0.1) is 18.4 Å². The summed E-state index contributed by atoms with van der Waals surface area (Å²) in [4.78, 5) is 0. The first-order valence-corrected chi connectivity index (χ1v) is 9.08. The van der Waals surface area contributed by atoms with Crippen molar-refractivity contribution in [2.75, 3.05) is 26.1 Å². The summed E-state index contributed by atoms with van der Waals surface area (Å²) in [7, 11) is 1.84. The molecule has 0 amide bonds. The Hall–Kier alpha value is 0.230. The van der Waals surface area contributed by atoms with Crippen LogP contribution >= 0.6 is 11.8 Å². The Labute approximate surface area is 127 Å². The molecular weight excluding hydrogens is 272 g/mol. The molecule has 5 atom stereocenters. The molecule has 0 bridgehead atoms. The Morgan fingerprint density at radius 2 is 2.05 bits per heavy atom. The van der Waals surface area contributed by atoms with Crippen molar-refractivity contribution in [2.45, 2.75) is 56.0 Å². The van der Waals surface area contributed by atoms with Gasteiger partial charge in [0.05, 0.1) is 18.8 Å². The Morgan fingerprint density at radius 1 is 1.15 bits per heavy atom. The van der Waals surface area contributed by atoms with Crippen LogP contribution in [0.25, 0.3) is 0 Å². The SMILES string of the molecule is COC1C(C2CCCCS2)[C]OCC1C1CCCCO1. The van der Waals surface area contributed by atoms with Crippen molar-refractivity contribution in [3.05, 3.63) is 6.61 Å². The molecule has 3 nitrogen and oxygen atoms in total. The van der Waals surface area contributed by atoms with Crippen LogP contribution in [0.5, 0.6) is 0 Å². The van der Waals surface area contributed by atoms with Gasteiger partial charge in [-0.3, -0.25) is 0 Å². The first kappa shape index (κ1) is 15.1. The topological polar surface area (TPSA) is 27.7 Å². The number of rotatable bonds is 3. The third kappa shape index (κ3) is 3.34. The van der Waals surface area contributed by atoms with E-state index in [0.717, 1.165) is 13.0 Å². The standard InChI is InChI=1S/C16H26O3S/c1-17-16-12(14-6-2-4-8-19-14)10-18-11-13(16)15-7-3-5-9-20-15/h12-16H,2-10H2,1H3. The first-order valence-electron chi connectivity index (χ1n) is 8.03. The Bertz CT molecular complexity index is 261. The monoisotopic (exact) mass is 298 g/mol. The van der Waals surface area contributed by atoms with Crippen LogP contribution in [-0.2, 0) is 14.2 Å². The van der Waals surface area contributed by atoms with Gasteiger partial charge in [0, 0.05) is 30.8 Å². The summed E-state index contributed by atoms with van der Waals surface area (Å²) in [5.41, 5.74) is 0. The average molecular weight is 298 g/mol. The maximum Gasteiger partial charge on any atom is 0.139 e. The lowest BCUT2D eigenvalue weighted by atomic mass is 9.80. The maximum absolute atomic E-state index is 5.99.